The third kappa shape index (κ3) is 6.48. The molecule has 129 valence electrons. The molecule has 0 aliphatic rings. The van der Waals surface area contributed by atoms with Crippen LogP contribution in [0.4, 0.5) is 0 Å². The summed E-state index contributed by atoms with van der Waals surface area (Å²) < 4.78 is 14.5. The van der Waals surface area contributed by atoms with Gasteiger partial charge in [-0.3, -0.25) is 0 Å². The van der Waals surface area contributed by atoms with Crippen molar-refractivity contribution in [1.29, 1.82) is 0 Å². The average Bonchev–Trinajstić information content (AvgIpc) is 2.44. The molecule has 1 aromatic rings. The fourth-order valence-corrected chi connectivity index (χ4v) is 13.8. The van der Waals surface area contributed by atoms with Gasteiger partial charge in [0.1, 0.15) is 16.5 Å². The third-order valence-corrected chi connectivity index (χ3v) is 13.0. The zero-order chi connectivity index (χ0) is 17.7. The number of hydrogen-bond donors (Lipinski definition) is 0. The molecule has 0 aliphatic carbocycles. The number of rotatable bonds is 9. The Morgan fingerprint density at radius 1 is 1.13 bits per heavy atom. The standard InChI is InChI=1S/C17H32NO2Si3/c1-9-16-11-10-12-17(15-16)21(19-2)20-14-13-18(22(3,4)5)23(6,7)8/h9-12,15H,1,13-14H2,2-8H3. The van der Waals surface area contributed by atoms with Crippen molar-refractivity contribution in [3.05, 3.63) is 36.4 Å². The number of benzene rings is 1. The van der Waals surface area contributed by atoms with Crippen LogP contribution in [0.5, 0.6) is 0 Å². The molecule has 3 nitrogen and oxygen atoms in total. The van der Waals surface area contributed by atoms with Crippen LogP contribution < -0.4 is 5.19 Å². The van der Waals surface area contributed by atoms with Crippen molar-refractivity contribution >= 4 is 37.0 Å². The molecule has 0 saturated carbocycles. The maximum atomic E-state index is 6.15. The minimum absolute atomic E-state index is 0.731. The topological polar surface area (TPSA) is 21.7 Å². The van der Waals surface area contributed by atoms with Crippen LogP contribution in [-0.4, -0.2) is 50.2 Å². The van der Waals surface area contributed by atoms with Crippen molar-refractivity contribution in [3.63, 3.8) is 0 Å². The molecule has 0 spiro atoms. The lowest BCUT2D eigenvalue weighted by Crippen LogP contribution is -2.60. The second kappa shape index (κ2) is 8.55. The van der Waals surface area contributed by atoms with Crippen molar-refractivity contribution < 1.29 is 8.85 Å². The van der Waals surface area contributed by atoms with E-state index in [-0.39, 0.29) is 0 Å². The summed E-state index contributed by atoms with van der Waals surface area (Å²) in [5.41, 5.74) is 1.11. The van der Waals surface area contributed by atoms with E-state index in [1.54, 1.807) is 7.11 Å². The first-order chi connectivity index (χ1) is 10.6. The first kappa shape index (κ1) is 20.5. The predicted molar refractivity (Wildman–Crippen MR) is 108 cm³/mol. The Hall–Kier alpha value is -0.509. The Balaban J connectivity index is 2.72. The van der Waals surface area contributed by atoms with E-state index >= 15 is 0 Å². The smallest absolute Gasteiger partial charge is 0.393 e. The SMILES string of the molecule is C=Cc1cccc([Si](OC)OCCN([Si](C)(C)C)[Si](C)(C)C)c1. The lowest BCUT2D eigenvalue weighted by molar-refractivity contribution is 0.233. The third-order valence-electron chi connectivity index (χ3n) is 3.71. The van der Waals surface area contributed by atoms with E-state index in [1.165, 1.54) is 0 Å². The van der Waals surface area contributed by atoms with Gasteiger partial charge in [-0.15, -0.1) is 0 Å². The Kier molecular flexibility index (Phi) is 7.63. The second-order valence-electron chi connectivity index (χ2n) is 7.66. The molecular formula is C17H32NO2Si3. The van der Waals surface area contributed by atoms with Crippen LogP contribution in [-0.2, 0) is 8.85 Å². The molecule has 1 radical (unpaired) electrons. The Morgan fingerprint density at radius 3 is 2.22 bits per heavy atom. The van der Waals surface area contributed by atoms with Gasteiger partial charge in [0.25, 0.3) is 0 Å². The van der Waals surface area contributed by atoms with E-state index in [0.29, 0.717) is 0 Å². The van der Waals surface area contributed by atoms with Crippen LogP contribution in [0.2, 0.25) is 39.3 Å². The minimum atomic E-state index is -1.42. The van der Waals surface area contributed by atoms with Gasteiger partial charge in [0, 0.05) is 20.3 Å². The first-order valence-electron chi connectivity index (χ1n) is 8.14. The first-order valence-corrected chi connectivity index (χ1v) is 16.3. The van der Waals surface area contributed by atoms with Crippen LogP contribution in [0.1, 0.15) is 5.56 Å². The highest BCUT2D eigenvalue weighted by molar-refractivity contribution is 6.89. The van der Waals surface area contributed by atoms with E-state index in [1.807, 2.05) is 18.2 Å². The molecule has 0 amide bonds. The van der Waals surface area contributed by atoms with Crippen LogP contribution in [0, 0.1) is 0 Å². The van der Waals surface area contributed by atoms with Crippen LogP contribution >= 0.6 is 0 Å². The van der Waals surface area contributed by atoms with Crippen molar-refractivity contribution in [1.82, 2.24) is 4.23 Å². The molecule has 1 aromatic carbocycles. The molecule has 0 heterocycles. The quantitative estimate of drug-likeness (QED) is 0.623. The van der Waals surface area contributed by atoms with Gasteiger partial charge in [0.15, 0.2) is 0 Å². The molecule has 0 fully saturated rings. The molecule has 0 atom stereocenters. The highest BCUT2D eigenvalue weighted by Crippen LogP contribution is 2.19. The normalized spacial score (nSPS) is 12.9. The van der Waals surface area contributed by atoms with Gasteiger partial charge >= 0.3 is 9.28 Å². The largest absolute Gasteiger partial charge is 0.423 e. The summed E-state index contributed by atoms with van der Waals surface area (Å²) in [7, 11) is -2.33. The lowest BCUT2D eigenvalue weighted by atomic mass is 10.2. The van der Waals surface area contributed by atoms with Crippen molar-refractivity contribution in [2.45, 2.75) is 39.3 Å². The minimum Gasteiger partial charge on any atom is -0.393 e. The highest BCUT2D eigenvalue weighted by atomic mass is 28.4. The van der Waals surface area contributed by atoms with Crippen LogP contribution in [0.3, 0.4) is 0 Å². The number of hydrogen-bond acceptors (Lipinski definition) is 3. The van der Waals surface area contributed by atoms with Gasteiger partial charge in [-0.1, -0.05) is 76.2 Å². The Morgan fingerprint density at radius 2 is 1.74 bits per heavy atom. The van der Waals surface area contributed by atoms with Crippen molar-refractivity contribution in [3.8, 4) is 0 Å². The monoisotopic (exact) mass is 366 g/mol. The predicted octanol–water partition coefficient (Wildman–Crippen LogP) is 3.66. The maximum Gasteiger partial charge on any atom is 0.423 e. The fourth-order valence-electron chi connectivity index (χ4n) is 2.96. The molecule has 0 aromatic heterocycles. The molecule has 23 heavy (non-hydrogen) atoms. The van der Waals surface area contributed by atoms with E-state index in [9.17, 15) is 0 Å². The summed E-state index contributed by atoms with van der Waals surface area (Å²) in [4.78, 5) is 0. The van der Waals surface area contributed by atoms with E-state index in [2.05, 4.69) is 62.2 Å². The van der Waals surface area contributed by atoms with Gasteiger partial charge in [0.05, 0.1) is 0 Å². The summed E-state index contributed by atoms with van der Waals surface area (Å²) in [5.74, 6) is 0. The molecule has 6 heteroatoms. The molecular weight excluding hydrogens is 334 g/mol. The van der Waals surface area contributed by atoms with Gasteiger partial charge in [0.2, 0.25) is 0 Å². The van der Waals surface area contributed by atoms with E-state index in [4.69, 9.17) is 8.85 Å². The van der Waals surface area contributed by atoms with Crippen molar-refractivity contribution in [2.75, 3.05) is 20.3 Å². The fraction of sp³-hybridized carbons (Fsp3) is 0.529. The summed E-state index contributed by atoms with van der Waals surface area (Å²) in [5, 5.41) is 1.14. The van der Waals surface area contributed by atoms with Gasteiger partial charge in [-0.25, -0.2) is 0 Å². The summed E-state index contributed by atoms with van der Waals surface area (Å²) in [6.45, 7) is 20.1. The molecule has 0 aliphatic heterocycles. The summed E-state index contributed by atoms with van der Waals surface area (Å²) in [6.07, 6.45) is 1.86. The van der Waals surface area contributed by atoms with Crippen LogP contribution in [0.15, 0.2) is 30.8 Å². The Bertz CT molecular complexity index is 495. The maximum absolute atomic E-state index is 6.15. The van der Waals surface area contributed by atoms with Crippen molar-refractivity contribution in [2.24, 2.45) is 0 Å². The second-order valence-corrected chi connectivity index (χ2v) is 19.7. The molecule has 0 unspecified atom stereocenters. The van der Waals surface area contributed by atoms with E-state index < -0.39 is 25.8 Å². The zero-order valence-corrected chi connectivity index (χ0v) is 18.8. The molecule has 0 N–H and O–H groups in total. The van der Waals surface area contributed by atoms with Gasteiger partial charge < -0.3 is 13.1 Å². The van der Waals surface area contributed by atoms with Crippen LogP contribution in [0.25, 0.3) is 6.08 Å². The molecule has 1 rings (SSSR count). The molecule has 0 saturated heterocycles. The zero-order valence-electron chi connectivity index (χ0n) is 15.8. The lowest BCUT2D eigenvalue weighted by Gasteiger charge is -2.43. The van der Waals surface area contributed by atoms with Gasteiger partial charge in [-0.05, 0) is 10.8 Å². The summed E-state index contributed by atoms with van der Waals surface area (Å²) in [6, 6.07) is 8.28. The van der Waals surface area contributed by atoms with E-state index in [0.717, 1.165) is 23.9 Å². The molecule has 0 bridgehead atoms. The summed E-state index contributed by atoms with van der Waals surface area (Å²) >= 11 is 0. The Labute approximate surface area is 146 Å². The average molecular weight is 367 g/mol. The number of nitrogens with zero attached hydrogens (tertiary/aromatic N) is 1. The van der Waals surface area contributed by atoms with Gasteiger partial charge in [-0.2, -0.15) is 0 Å². The highest BCUT2D eigenvalue weighted by Gasteiger charge is 2.34.